The fourth-order valence-corrected chi connectivity index (χ4v) is 2.04. The summed E-state index contributed by atoms with van der Waals surface area (Å²) in [4.78, 5) is 12.3. The van der Waals surface area contributed by atoms with Gasteiger partial charge in [-0.2, -0.15) is 0 Å². The van der Waals surface area contributed by atoms with Gasteiger partial charge in [-0.1, -0.05) is 27.6 Å². The van der Waals surface area contributed by atoms with Crippen molar-refractivity contribution < 1.29 is 9.18 Å². The Morgan fingerprint density at radius 2 is 1.89 bits per heavy atom. The predicted octanol–water partition coefficient (Wildman–Crippen LogP) is 3.71. The van der Waals surface area contributed by atoms with E-state index < -0.39 is 11.6 Å². The van der Waals surface area contributed by atoms with Crippen LogP contribution in [-0.4, -0.2) is 5.78 Å². The molecule has 0 atom stereocenters. The van der Waals surface area contributed by atoms with E-state index in [4.69, 9.17) is 5.73 Å². The maximum absolute atomic E-state index is 13.7. The number of hydrogen-bond acceptors (Lipinski definition) is 2. The van der Waals surface area contributed by atoms with E-state index in [2.05, 4.69) is 15.9 Å². The van der Waals surface area contributed by atoms with E-state index in [1.165, 1.54) is 12.1 Å². The number of aryl methyl sites for hydroxylation is 1. The van der Waals surface area contributed by atoms with Crippen LogP contribution in [-0.2, 0) is 0 Å². The van der Waals surface area contributed by atoms with Gasteiger partial charge in [-0.25, -0.2) is 4.39 Å². The van der Waals surface area contributed by atoms with Gasteiger partial charge in [0.15, 0.2) is 5.78 Å². The molecule has 0 aromatic heterocycles. The van der Waals surface area contributed by atoms with E-state index in [-0.39, 0.29) is 5.56 Å². The van der Waals surface area contributed by atoms with Gasteiger partial charge in [0.2, 0.25) is 0 Å². The third-order valence-corrected chi connectivity index (χ3v) is 3.12. The van der Waals surface area contributed by atoms with Crippen molar-refractivity contribution in [3.63, 3.8) is 0 Å². The molecule has 0 radical (unpaired) electrons. The Morgan fingerprint density at radius 1 is 1.17 bits per heavy atom. The highest BCUT2D eigenvalue weighted by atomic mass is 79.9. The van der Waals surface area contributed by atoms with Crippen LogP contribution in [0, 0.1) is 12.7 Å². The molecule has 0 aliphatic heterocycles. The fourth-order valence-electron chi connectivity index (χ4n) is 1.68. The highest BCUT2D eigenvalue weighted by molar-refractivity contribution is 9.10. The quantitative estimate of drug-likeness (QED) is 0.679. The molecule has 0 spiro atoms. The van der Waals surface area contributed by atoms with Gasteiger partial charge in [0.05, 0.1) is 5.56 Å². The van der Waals surface area contributed by atoms with Crippen LogP contribution in [0.1, 0.15) is 21.5 Å². The lowest BCUT2D eigenvalue weighted by atomic mass is 10.00. The zero-order valence-corrected chi connectivity index (χ0v) is 11.3. The van der Waals surface area contributed by atoms with Crippen LogP contribution in [0.3, 0.4) is 0 Å². The summed E-state index contributed by atoms with van der Waals surface area (Å²) in [6.07, 6.45) is 0. The molecule has 0 fully saturated rings. The number of rotatable bonds is 2. The van der Waals surface area contributed by atoms with Gasteiger partial charge in [-0.3, -0.25) is 4.79 Å². The molecule has 0 aliphatic carbocycles. The van der Waals surface area contributed by atoms with Crippen molar-refractivity contribution in [2.24, 2.45) is 0 Å². The third kappa shape index (κ3) is 2.43. The molecule has 2 aromatic rings. The fraction of sp³-hybridized carbons (Fsp3) is 0.0714. The Bertz CT molecular complexity index is 572. The molecule has 0 heterocycles. The first-order valence-corrected chi connectivity index (χ1v) is 6.14. The van der Waals surface area contributed by atoms with Gasteiger partial charge in [0.25, 0.3) is 0 Å². The first kappa shape index (κ1) is 12.8. The Morgan fingerprint density at radius 3 is 2.61 bits per heavy atom. The molecule has 2 aromatic carbocycles. The Balaban J connectivity index is 2.54. The van der Waals surface area contributed by atoms with Crippen LogP contribution in [0.2, 0.25) is 0 Å². The zero-order chi connectivity index (χ0) is 13.3. The molecular formula is C14H11BrFNO. The summed E-state index contributed by atoms with van der Waals surface area (Å²) in [5, 5.41) is 0. The predicted molar refractivity (Wildman–Crippen MR) is 73.1 cm³/mol. The van der Waals surface area contributed by atoms with Gasteiger partial charge in [0, 0.05) is 15.7 Å². The van der Waals surface area contributed by atoms with Crippen LogP contribution in [0.15, 0.2) is 40.9 Å². The minimum absolute atomic E-state index is 0.0415. The van der Waals surface area contributed by atoms with Crippen LogP contribution < -0.4 is 5.73 Å². The lowest BCUT2D eigenvalue weighted by Gasteiger charge is -2.07. The summed E-state index contributed by atoms with van der Waals surface area (Å²) in [5.41, 5.74) is 7.26. The summed E-state index contributed by atoms with van der Waals surface area (Å²) in [6, 6.07) is 9.38. The van der Waals surface area contributed by atoms with E-state index in [1.54, 1.807) is 31.2 Å². The van der Waals surface area contributed by atoms with Crippen molar-refractivity contribution in [2.75, 3.05) is 5.73 Å². The second-order valence-corrected chi connectivity index (χ2v) is 4.96. The second kappa shape index (κ2) is 4.90. The van der Waals surface area contributed by atoms with E-state index in [0.29, 0.717) is 11.3 Å². The summed E-state index contributed by atoms with van der Waals surface area (Å²) < 4.78 is 14.4. The van der Waals surface area contributed by atoms with E-state index in [1.807, 2.05) is 0 Å². The van der Waals surface area contributed by atoms with Crippen molar-refractivity contribution in [1.82, 2.24) is 0 Å². The standard InChI is InChI=1S/C14H11BrFNO/c1-8-2-4-12(16)10(6-8)14(18)11-7-9(15)3-5-13(11)17/h2-7H,17H2,1H3. The number of carbonyl (C=O) groups excluding carboxylic acids is 1. The monoisotopic (exact) mass is 307 g/mol. The van der Waals surface area contributed by atoms with Crippen molar-refractivity contribution in [1.29, 1.82) is 0 Å². The molecule has 2 nitrogen and oxygen atoms in total. The second-order valence-electron chi connectivity index (χ2n) is 4.04. The average molecular weight is 308 g/mol. The zero-order valence-electron chi connectivity index (χ0n) is 9.71. The van der Waals surface area contributed by atoms with Crippen LogP contribution >= 0.6 is 15.9 Å². The largest absolute Gasteiger partial charge is 0.398 e. The van der Waals surface area contributed by atoms with Crippen molar-refractivity contribution >= 4 is 27.4 Å². The number of anilines is 1. The normalized spacial score (nSPS) is 10.4. The first-order valence-electron chi connectivity index (χ1n) is 5.35. The Kier molecular flexibility index (Phi) is 3.48. The van der Waals surface area contributed by atoms with Gasteiger partial charge in [-0.05, 0) is 37.3 Å². The molecule has 2 N–H and O–H groups in total. The van der Waals surface area contributed by atoms with Crippen molar-refractivity contribution in [2.45, 2.75) is 6.92 Å². The summed E-state index contributed by atoms with van der Waals surface area (Å²) in [7, 11) is 0. The number of benzene rings is 2. The highest BCUT2D eigenvalue weighted by Gasteiger charge is 2.16. The molecule has 0 saturated carbocycles. The minimum atomic E-state index is -0.537. The molecule has 18 heavy (non-hydrogen) atoms. The first-order chi connectivity index (χ1) is 8.49. The molecule has 0 saturated heterocycles. The number of nitrogen functional groups attached to an aromatic ring is 1. The van der Waals surface area contributed by atoms with E-state index in [0.717, 1.165) is 10.0 Å². The molecule has 0 bridgehead atoms. The highest BCUT2D eigenvalue weighted by Crippen LogP contribution is 2.23. The van der Waals surface area contributed by atoms with E-state index in [9.17, 15) is 9.18 Å². The van der Waals surface area contributed by atoms with E-state index >= 15 is 0 Å². The molecular weight excluding hydrogens is 297 g/mol. The maximum atomic E-state index is 13.7. The van der Waals surface area contributed by atoms with Gasteiger partial charge in [-0.15, -0.1) is 0 Å². The Labute approximate surface area is 113 Å². The topological polar surface area (TPSA) is 43.1 Å². The molecule has 0 unspecified atom stereocenters. The van der Waals surface area contributed by atoms with Gasteiger partial charge >= 0.3 is 0 Å². The van der Waals surface area contributed by atoms with Gasteiger partial charge < -0.3 is 5.73 Å². The van der Waals surface area contributed by atoms with Crippen molar-refractivity contribution in [3.8, 4) is 0 Å². The molecule has 92 valence electrons. The Hall–Kier alpha value is -1.68. The summed E-state index contributed by atoms with van der Waals surface area (Å²) in [5.74, 6) is -0.944. The number of halogens is 2. The van der Waals surface area contributed by atoms with Crippen LogP contribution in [0.25, 0.3) is 0 Å². The molecule has 0 aliphatic rings. The van der Waals surface area contributed by atoms with Crippen LogP contribution in [0.5, 0.6) is 0 Å². The number of nitrogens with two attached hydrogens (primary N) is 1. The van der Waals surface area contributed by atoms with Gasteiger partial charge in [0.1, 0.15) is 5.82 Å². The maximum Gasteiger partial charge on any atom is 0.198 e. The average Bonchev–Trinajstić information content (AvgIpc) is 2.34. The summed E-state index contributed by atoms with van der Waals surface area (Å²) >= 11 is 3.27. The number of ketones is 1. The van der Waals surface area contributed by atoms with Crippen LogP contribution in [0.4, 0.5) is 10.1 Å². The number of carbonyl (C=O) groups is 1. The molecule has 4 heteroatoms. The molecule has 2 rings (SSSR count). The van der Waals surface area contributed by atoms with Crippen molar-refractivity contribution in [3.05, 3.63) is 63.4 Å². The minimum Gasteiger partial charge on any atom is -0.398 e. The number of hydrogen-bond donors (Lipinski definition) is 1. The lowest BCUT2D eigenvalue weighted by Crippen LogP contribution is -2.08. The smallest absolute Gasteiger partial charge is 0.198 e. The SMILES string of the molecule is Cc1ccc(F)c(C(=O)c2cc(Br)ccc2N)c1. The third-order valence-electron chi connectivity index (χ3n) is 2.63. The molecule has 0 amide bonds. The lowest BCUT2D eigenvalue weighted by molar-refractivity contribution is 0.103. The summed E-state index contributed by atoms with van der Waals surface area (Å²) in [6.45, 7) is 1.81.